The molecular weight excluding hydrogens is 561 g/mol. The summed E-state index contributed by atoms with van der Waals surface area (Å²) in [6.45, 7) is 2.38. The van der Waals surface area contributed by atoms with Gasteiger partial charge in [0, 0.05) is 10.0 Å². The molecule has 3 rings (SSSR count). The molecule has 3 aromatic rings. The van der Waals surface area contributed by atoms with Gasteiger partial charge in [0.2, 0.25) is 0 Å². The lowest BCUT2D eigenvalue weighted by atomic mass is 10.2. The second-order valence-corrected chi connectivity index (χ2v) is 8.48. The normalized spacial score (nSPS) is 10.6. The molecule has 0 atom stereocenters. The molecule has 0 aliphatic heterocycles. The van der Waals surface area contributed by atoms with E-state index in [1.165, 1.54) is 12.3 Å². The highest BCUT2D eigenvalue weighted by atomic mass is 79.9. The first-order chi connectivity index (χ1) is 16.8. The molecule has 0 radical (unpaired) electrons. The van der Waals surface area contributed by atoms with Gasteiger partial charge in [-0.05, 0) is 61.5 Å². The molecule has 0 spiro atoms. The van der Waals surface area contributed by atoms with Crippen LogP contribution in [0.25, 0.3) is 0 Å². The lowest BCUT2D eigenvalue weighted by Gasteiger charge is -2.09. The van der Waals surface area contributed by atoms with Gasteiger partial charge in [-0.25, -0.2) is 10.2 Å². The summed E-state index contributed by atoms with van der Waals surface area (Å²) in [6, 6.07) is 16.0. The van der Waals surface area contributed by atoms with Crippen molar-refractivity contribution in [2.75, 3.05) is 11.9 Å². The maximum atomic E-state index is 12.6. The Morgan fingerprint density at radius 1 is 1.03 bits per heavy atom. The molecule has 180 valence electrons. The van der Waals surface area contributed by atoms with Crippen LogP contribution < -0.4 is 20.2 Å². The number of anilines is 1. The standard InChI is InChI=1S/C24H18BrCl2N3O5/c1-2-34-17-9-6-14(7-10-17)24(33)35-20-11-8-16(25)12-15(20)13-28-30-23(32)22(31)29-19-5-3-4-18(26)21(19)27/h3-13H,2H2,1H3,(H,29,31)(H,30,32). The van der Waals surface area contributed by atoms with Crippen LogP contribution in [0.4, 0.5) is 5.69 Å². The van der Waals surface area contributed by atoms with Crippen LogP contribution in [0, 0.1) is 0 Å². The predicted octanol–water partition coefficient (Wildman–Crippen LogP) is 5.46. The first-order valence-electron chi connectivity index (χ1n) is 10.1. The van der Waals surface area contributed by atoms with Crippen LogP contribution in [0.2, 0.25) is 10.0 Å². The zero-order valence-electron chi connectivity index (χ0n) is 18.2. The number of nitrogens with zero attached hydrogens (tertiary/aromatic N) is 1. The summed E-state index contributed by atoms with van der Waals surface area (Å²) in [5.74, 6) is -1.80. The fraction of sp³-hybridized carbons (Fsp3) is 0.0833. The van der Waals surface area contributed by atoms with E-state index in [0.717, 1.165) is 0 Å². The number of hydrogen-bond acceptors (Lipinski definition) is 6. The van der Waals surface area contributed by atoms with Crippen LogP contribution in [-0.2, 0) is 9.59 Å². The molecule has 0 aliphatic rings. The molecule has 8 nitrogen and oxygen atoms in total. The van der Waals surface area contributed by atoms with Crippen LogP contribution in [-0.4, -0.2) is 30.6 Å². The minimum atomic E-state index is -1.04. The van der Waals surface area contributed by atoms with Crippen LogP contribution in [0.15, 0.2) is 70.2 Å². The molecule has 0 aromatic heterocycles. The molecular formula is C24H18BrCl2N3O5. The molecule has 11 heteroatoms. The van der Waals surface area contributed by atoms with Crippen molar-refractivity contribution in [1.82, 2.24) is 5.43 Å². The number of nitrogens with one attached hydrogen (secondary N) is 2. The number of amides is 2. The molecule has 0 aliphatic carbocycles. The van der Waals surface area contributed by atoms with Gasteiger partial charge in [-0.3, -0.25) is 9.59 Å². The number of carbonyl (C=O) groups is 3. The van der Waals surface area contributed by atoms with Crippen molar-refractivity contribution in [1.29, 1.82) is 0 Å². The second kappa shape index (κ2) is 12.3. The number of rotatable bonds is 7. The Morgan fingerprint density at radius 3 is 2.49 bits per heavy atom. The monoisotopic (exact) mass is 577 g/mol. The Bertz CT molecular complexity index is 1280. The number of carbonyl (C=O) groups excluding carboxylic acids is 3. The Hall–Kier alpha value is -3.40. The fourth-order valence-electron chi connectivity index (χ4n) is 2.72. The molecule has 0 unspecified atom stereocenters. The van der Waals surface area contributed by atoms with Crippen LogP contribution in [0.3, 0.4) is 0 Å². The summed E-state index contributed by atoms with van der Waals surface area (Å²) in [5, 5.41) is 6.46. The van der Waals surface area contributed by atoms with E-state index in [1.807, 2.05) is 6.92 Å². The van der Waals surface area contributed by atoms with Crippen molar-refractivity contribution in [3.63, 3.8) is 0 Å². The smallest absolute Gasteiger partial charge is 0.343 e. The summed E-state index contributed by atoms with van der Waals surface area (Å²) < 4.78 is 11.5. The van der Waals surface area contributed by atoms with E-state index in [-0.39, 0.29) is 21.5 Å². The number of hydrogen-bond donors (Lipinski definition) is 2. The summed E-state index contributed by atoms with van der Waals surface area (Å²) in [5.41, 5.74) is 2.98. The SMILES string of the molecule is CCOc1ccc(C(=O)Oc2ccc(Br)cc2C=NNC(=O)C(=O)Nc2cccc(Cl)c2Cl)cc1. The summed E-state index contributed by atoms with van der Waals surface area (Å²) in [7, 11) is 0. The lowest BCUT2D eigenvalue weighted by Crippen LogP contribution is -2.32. The number of halogens is 3. The van der Waals surface area contributed by atoms with Gasteiger partial charge in [-0.1, -0.05) is 45.2 Å². The lowest BCUT2D eigenvalue weighted by molar-refractivity contribution is -0.136. The third-order valence-corrected chi connectivity index (χ3v) is 5.66. The van der Waals surface area contributed by atoms with Crippen molar-refractivity contribution in [3.8, 4) is 11.5 Å². The maximum Gasteiger partial charge on any atom is 0.343 e. The third-order valence-electron chi connectivity index (χ3n) is 4.35. The van der Waals surface area contributed by atoms with Crippen molar-refractivity contribution < 1.29 is 23.9 Å². The van der Waals surface area contributed by atoms with E-state index < -0.39 is 17.8 Å². The molecule has 3 aromatic carbocycles. The Morgan fingerprint density at radius 2 is 1.77 bits per heavy atom. The Balaban J connectivity index is 1.66. The van der Waals surface area contributed by atoms with E-state index >= 15 is 0 Å². The first kappa shape index (κ1) is 26.2. The molecule has 2 N–H and O–H groups in total. The van der Waals surface area contributed by atoms with Crippen molar-refractivity contribution in [2.24, 2.45) is 5.10 Å². The van der Waals surface area contributed by atoms with Gasteiger partial charge in [0.05, 0.1) is 34.1 Å². The summed E-state index contributed by atoms with van der Waals surface area (Å²) >= 11 is 15.2. The van der Waals surface area contributed by atoms with Crippen molar-refractivity contribution >= 4 is 68.8 Å². The van der Waals surface area contributed by atoms with E-state index in [1.54, 1.807) is 54.6 Å². The van der Waals surface area contributed by atoms with Crippen molar-refractivity contribution in [3.05, 3.63) is 86.3 Å². The number of esters is 1. The summed E-state index contributed by atoms with van der Waals surface area (Å²) in [4.78, 5) is 36.8. The topological polar surface area (TPSA) is 106 Å². The molecule has 2 amide bonds. The highest BCUT2D eigenvalue weighted by molar-refractivity contribution is 9.10. The third kappa shape index (κ3) is 7.29. The molecule has 0 saturated heterocycles. The van der Waals surface area contributed by atoms with Gasteiger partial charge < -0.3 is 14.8 Å². The molecule has 0 heterocycles. The minimum Gasteiger partial charge on any atom is -0.494 e. The van der Waals surface area contributed by atoms with Gasteiger partial charge in [0.15, 0.2) is 0 Å². The number of ether oxygens (including phenoxy) is 2. The average Bonchev–Trinajstić information content (AvgIpc) is 2.84. The zero-order chi connectivity index (χ0) is 25.4. The van der Waals surface area contributed by atoms with Crippen LogP contribution >= 0.6 is 39.1 Å². The molecule has 0 fully saturated rings. The minimum absolute atomic E-state index is 0.104. The molecule has 35 heavy (non-hydrogen) atoms. The van der Waals surface area contributed by atoms with Gasteiger partial charge in [0.1, 0.15) is 11.5 Å². The van der Waals surface area contributed by atoms with Crippen molar-refractivity contribution in [2.45, 2.75) is 6.92 Å². The van der Waals surface area contributed by atoms with Crippen LogP contribution in [0.5, 0.6) is 11.5 Å². The highest BCUT2D eigenvalue weighted by Gasteiger charge is 2.16. The van der Waals surface area contributed by atoms with Gasteiger partial charge >= 0.3 is 17.8 Å². The summed E-state index contributed by atoms with van der Waals surface area (Å²) in [6.07, 6.45) is 1.24. The largest absolute Gasteiger partial charge is 0.494 e. The van der Waals surface area contributed by atoms with Gasteiger partial charge in [-0.15, -0.1) is 0 Å². The van der Waals surface area contributed by atoms with E-state index in [4.69, 9.17) is 32.7 Å². The van der Waals surface area contributed by atoms with E-state index in [2.05, 4.69) is 31.8 Å². The molecule has 0 saturated carbocycles. The number of benzene rings is 3. The van der Waals surface area contributed by atoms with Gasteiger partial charge in [0.25, 0.3) is 0 Å². The molecule has 0 bridgehead atoms. The Kier molecular flexibility index (Phi) is 9.25. The quantitative estimate of drug-likeness (QED) is 0.127. The average molecular weight is 579 g/mol. The Labute approximate surface area is 219 Å². The zero-order valence-corrected chi connectivity index (χ0v) is 21.3. The van der Waals surface area contributed by atoms with E-state index in [0.29, 0.717) is 28.0 Å². The first-order valence-corrected chi connectivity index (χ1v) is 11.7. The van der Waals surface area contributed by atoms with E-state index in [9.17, 15) is 14.4 Å². The predicted molar refractivity (Wildman–Crippen MR) is 138 cm³/mol. The van der Waals surface area contributed by atoms with Crippen LogP contribution in [0.1, 0.15) is 22.8 Å². The number of hydrazone groups is 1. The second-order valence-electron chi connectivity index (χ2n) is 6.78. The fourth-order valence-corrected chi connectivity index (χ4v) is 3.44. The maximum absolute atomic E-state index is 12.6. The van der Waals surface area contributed by atoms with Gasteiger partial charge in [-0.2, -0.15) is 5.10 Å². The highest BCUT2D eigenvalue weighted by Crippen LogP contribution is 2.29.